The Kier molecular flexibility index (Phi) is 7.40. The summed E-state index contributed by atoms with van der Waals surface area (Å²) in [6.07, 6.45) is 0.891. The highest BCUT2D eigenvalue weighted by Crippen LogP contribution is 2.15. The molecule has 0 aromatic heterocycles. The van der Waals surface area contributed by atoms with Crippen LogP contribution in [-0.4, -0.2) is 67.9 Å². The molecule has 1 fully saturated rings. The zero-order chi connectivity index (χ0) is 18.2. The van der Waals surface area contributed by atoms with Crippen molar-refractivity contribution in [1.29, 1.82) is 0 Å². The molecule has 0 spiro atoms. The molecule has 6 heteroatoms. The summed E-state index contributed by atoms with van der Waals surface area (Å²) in [7, 11) is 1.86. The molecule has 1 saturated heterocycles. The highest BCUT2D eigenvalue weighted by atomic mass is 16.2. The van der Waals surface area contributed by atoms with Gasteiger partial charge in [0.2, 0.25) is 11.8 Å². The van der Waals surface area contributed by atoms with Gasteiger partial charge in [-0.1, -0.05) is 32.0 Å². The molecular formula is C19H30N4O2. The van der Waals surface area contributed by atoms with Gasteiger partial charge in [0.25, 0.3) is 0 Å². The van der Waals surface area contributed by atoms with E-state index in [9.17, 15) is 9.59 Å². The monoisotopic (exact) mass is 346 g/mol. The van der Waals surface area contributed by atoms with Crippen molar-refractivity contribution < 1.29 is 9.59 Å². The van der Waals surface area contributed by atoms with Gasteiger partial charge in [-0.15, -0.1) is 0 Å². The van der Waals surface area contributed by atoms with E-state index in [0.29, 0.717) is 26.2 Å². The van der Waals surface area contributed by atoms with Gasteiger partial charge >= 0.3 is 0 Å². The zero-order valence-electron chi connectivity index (χ0n) is 15.5. The average molecular weight is 346 g/mol. The largest absolute Gasteiger partial charge is 0.340 e. The topological polar surface area (TPSA) is 64.7 Å². The molecule has 2 amide bonds. The predicted molar refractivity (Wildman–Crippen MR) is 101 cm³/mol. The minimum Gasteiger partial charge on any atom is -0.340 e. The van der Waals surface area contributed by atoms with Crippen molar-refractivity contribution in [2.75, 3.05) is 51.6 Å². The van der Waals surface area contributed by atoms with E-state index in [1.807, 2.05) is 43.1 Å². The van der Waals surface area contributed by atoms with Crippen LogP contribution in [0.3, 0.4) is 0 Å². The fourth-order valence-electron chi connectivity index (χ4n) is 3.17. The third-order valence-electron chi connectivity index (χ3n) is 4.66. The molecule has 6 nitrogen and oxygen atoms in total. The Labute approximate surface area is 150 Å². The lowest BCUT2D eigenvalue weighted by Gasteiger charge is -2.35. The Hall–Kier alpha value is -1.92. The molecule has 1 aliphatic rings. The van der Waals surface area contributed by atoms with E-state index >= 15 is 0 Å². The highest BCUT2D eigenvalue weighted by Gasteiger charge is 2.25. The number of nitrogens with one attached hydrogen (secondary N) is 2. The van der Waals surface area contributed by atoms with Gasteiger partial charge in [-0.3, -0.25) is 14.5 Å². The van der Waals surface area contributed by atoms with Crippen molar-refractivity contribution in [3.63, 3.8) is 0 Å². The van der Waals surface area contributed by atoms with Crippen LogP contribution in [-0.2, 0) is 16.0 Å². The number of benzene rings is 1. The first-order valence-electron chi connectivity index (χ1n) is 9.08. The minimum atomic E-state index is -0.00889. The number of nitrogens with zero attached hydrogens (tertiary/aromatic N) is 2. The van der Waals surface area contributed by atoms with Gasteiger partial charge < -0.3 is 15.5 Å². The number of aryl methyl sites for hydroxylation is 1. The molecule has 1 heterocycles. The van der Waals surface area contributed by atoms with Crippen molar-refractivity contribution in [3.05, 3.63) is 29.8 Å². The Morgan fingerprint density at radius 1 is 1.16 bits per heavy atom. The second-order valence-electron chi connectivity index (χ2n) is 6.62. The SMILES string of the molecule is CCc1ccccc1NC(=O)CN1CCN(C(=O)C(C)CNC)CC1. The van der Waals surface area contributed by atoms with Crippen LogP contribution in [0.1, 0.15) is 19.4 Å². The molecular weight excluding hydrogens is 316 g/mol. The Morgan fingerprint density at radius 2 is 1.84 bits per heavy atom. The maximum Gasteiger partial charge on any atom is 0.238 e. The van der Waals surface area contributed by atoms with Crippen LogP contribution in [0, 0.1) is 5.92 Å². The normalized spacial score (nSPS) is 16.5. The quantitative estimate of drug-likeness (QED) is 0.778. The Morgan fingerprint density at radius 3 is 2.48 bits per heavy atom. The van der Waals surface area contributed by atoms with E-state index in [4.69, 9.17) is 0 Å². The number of anilines is 1. The first-order chi connectivity index (χ1) is 12.0. The summed E-state index contributed by atoms with van der Waals surface area (Å²) in [6.45, 7) is 7.93. The van der Waals surface area contributed by atoms with Gasteiger partial charge in [0, 0.05) is 44.3 Å². The molecule has 1 aromatic carbocycles. The summed E-state index contributed by atoms with van der Waals surface area (Å²) in [5, 5.41) is 6.05. The maximum atomic E-state index is 12.3. The molecule has 0 bridgehead atoms. The zero-order valence-corrected chi connectivity index (χ0v) is 15.5. The summed E-state index contributed by atoms with van der Waals surface area (Å²) >= 11 is 0. The second-order valence-corrected chi connectivity index (χ2v) is 6.62. The van der Waals surface area contributed by atoms with E-state index in [1.54, 1.807) is 0 Å². The lowest BCUT2D eigenvalue weighted by Crippen LogP contribution is -2.52. The molecule has 1 aromatic rings. The fraction of sp³-hybridized carbons (Fsp3) is 0.579. The van der Waals surface area contributed by atoms with Gasteiger partial charge in [0.05, 0.1) is 6.54 Å². The summed E-state index contributed by atoms with van der Waals surface area (Å²) < 4.78 is 0. The third-order valence-corrected chi connectivity index (χ3v) is 4.66. The lowest BCUT2D eigenvalue weighted by molar-refractivity contribution is -0.136. The molecule has 1 unspecified atom stereocenters. The summed E-state index contributed by atoms with van der Waals surface area (Å²) in [6, 6.07) is 7.90. The Balaban J connectivity index is 1.79. The van der Waals surface area contributed by atoms with Crippen LogP contribution in [0.4, 0.5) is 5.69 Å². The van der Waals surface area contributed by atoms with E-state index in [-0.39, 0.29) is 17.7 Å². The molecule has 25 heavy (non-hydrogen) atoms. The average Bonchev–Trinajstić information content (AvgIpc) is 2.62. The van der Waals surface area contributed by atoms with Crippen LogP contribution < -0.4 is 10.6 Å². The van der Waals surface area contributed by atoms with E-state index in [1.165, 1.54) is 0 Å². The summed E-state index contributed by atoms with van der Waals surface area (Å²) in [5.74, 6) is 0.185. The molecule has 2 rings (SSSR count). The lowest BCUT2D eigenvalue weighted by atomic mass is 10.1. The van der Waals surface area contributed by atoms with Crippen LogP contribution in [0.25, 0.3) is 0 Å². The molecule has 138 valence electrons. The van der Waals surface area contributed by atoms with Gasteiger partial charge in [-0.25, -0.2) is 0 Å². The summed E-state index contributed by atoms with van der Waals surface area (Å²) in [4.78, 5) is 28.6. The van der Waals surface area contributed by atoms with Crippen LogP contribution >= 0.6 is 0 Å². The number of hydrogen-bond acceptors (Lipinski definition) is 4. The van der Waals surface area contributed by atoms with Gasteiger partial charge in [-0.05, 0) is 25.1 Å². The number of carbonyl (C=O) groups excluding carboxylic acids is 2. The number of piperazine rings is 1. The highest BCUT2D eigenvalue weighted by molar-refractivity contribution is 5.93. The van der Waals surface area contributed by atoms with Crippen LogP contribution in [0.15, 0.2) is 24.3 Å². The maximum absolute atomic E-state index is 12.3. The van der Waals surface area contributed by atoms with E-state index in [2.05, 4.69) is 22.5 Å². The number of amides is 2. The van der Waals surface area contributed by atoms with E-state index in [0.717, 1.165) is 30.8 Å². The molecule has 2 N–H and O–H groups in total. The van der Waals surface area contributed by atoms with Gasteiger partial charge in [0.15, 0.2) is 0 Å². The third kappa shape index (κ3) is 5.54. The molecule has 0 aliphatic carbocycles. The Bertz CT molecular complexity index is 583. The smallest absolute Gasteiger partial charge is 0.238 e. The number of carbonyl (C=O) groups is 2. The second kappa shape index (κ2) is 9.53. The number of para-hydroxylation sites is 1. The van der Waals surface area contributed by atoms with Crippen molar-refractivity contribution in [2.24, 2.45) is 5.92 Å². The van der Waals surface area contributed by atoms with E-state index < -0.39 is 0 Å². The standard InChI is InChI=1S/C19H30N4O2/c1-4-16-7-5-6-8-17(16)21-18(24)14-22-9-11-23(12-10-22)19(25)15(2)13-20-3/h5-8,15,20H,4,9-14H2,1-3H3,(H,21,24). The van der Waals surface area contributed by atoms with Gasteiger partial charge in [0.1, 0.15) is 0 Å². The molecule has 0 radical (unpaired) electrons. The van der Waals surface area contributed by atoms with Crippen molar-refractivity contribution in [3.8, 4) is 0 Å². The summed E-state index contributed by atoms with van der Waals surface area (Å²) in [5.41, 5.74) is 2.04. The minimum absolute atomic E-state index is 0.00391. The van der Waals surface area contributed by atoms with Gasteiger partial charge in [-0.2, -0.15) is 0 Å². The van der Waals surface area contributed by atoms with Crippen LogP contribution in [0.2, 0.25) is 0 Å². The van der Waals surface area contributed by atoms with Crippen molar-refractivity contribution >= 4 is 17.5 Å². The van der Waals surface area contributed by atoms with Crippen molar-refractivity contribution in [1.82, 2.24) is 15.1 Å². The predicted octanol–water partition coefficient (Wildman–Crippen LogP) is 1.19. The van der Waals surface area contributed by atoms with Crippen LogP contribution in [0.5, 0.6) is 0 Å². The van der Waals surface area contributed by atoms with Crippen molar-refractivity contribution in [2.45, 2.75) is 20.3 Å². The number of rotatable bonds is 7. The molecule has 0 saturated carbocycles. The first kappa shape index (κ1) is 19.4. The first-order valence-corrected chi connectivity index (χ1v) is 9.08. The molecule has 1 atom stereocenters. The molecule has 1 aliphatic heterocycles. The fourth-order valence-corrected chi connectivity index (χ4v) is 3.17. The number of hydrogen-bond donors (Lipinski definition) is 2.